The summed E-state index contributed by atoms with van der Waals surface area (Å²) in [5.41, 5.74) is 0.596. The SMILES string of the molecule is CC(=O)Nc1ccc(NC(=O)CCOc2cc(C)cc(C)c2)c(C(F)(F)F)c1. The minimum atomic E-state index is -4.69. The Hall–Kier alpha value is -3.03. The molecule has 2 N–H and O–H groups in total. The number of amides is 2. The molecule has 0 aliphatic rings. The average molecular weight is 394 g/mol. The number of hydrogen-bond donors (Lipinski definition) is 2. The van der Waals surface area contributed by atoms with Gasteiger partial charge < -0.3 is 15.4 Å². The highest BCUT2D eigenvalue weighted by atomic mass is 19.4. The van der Waals surface area contributed by atoms with Gasteiger partial charge in [-0.1, -0.05) is 6.07 Å². The first-order valence-electron chi connectivity index (χ1n) is 8.54. The summed E-state index contributed by atoms with van der Waals surface area (Å²) in [6.07, 6.45) is -4.80. The quantitative estimate of drug-likeness (QED) is 0.747. The minimum absolute atomic E-state index is 0.00373. The van der Waals surface area contributed by atoms with E-state index in [4.69, 9.17) is 4.74 Å². The Bertz CT molecular complexity index is 859. The Labute approximate surface area is 160 Å². The minimum Gasteiger partial charge on any atom is -0.493 e. The Morgan fingerprint density at radius 2 is 1.64 bits per heavy atom. The van der Waals surface area contributed by atoms with E-state index in [1.54, 1.807) is 0 Å². The number of ether oxygens (including phenoxy) is 1. The van der Waals surface area contributed by atoms with Crippen molar-refractivity contribution in [1.29, 1.82) is 0 Å². The van der Waals surface area contributed by atoms with Crippen molar-refractivity contribution in [2.75, 3.05) is 17.2 Å². The molecule has 0 aliphatic heterocycles. The highest BCUT2D eigenvalue weighted by Crippen LogP contribution is 2.36. The van der Waals surface area contributed by atoms with E-state index in [1.165, 1.54) is 13.0 Å². The summed E-state index contributed by atoms with van der Waals surface area (Å²) in [6, 6.07) is 8.78. The number of benzene rings is 2. The third-order valence-electron chi connectivity index (χ3n) is 3.71. The smallest absolute Gasteiger partial charge is 0.418 e. The molecule has 0 radical (unpaired) electrons. The molecule has 0 saturated heterocycles. The monoisotopic (exact) mass is 394 g/mol. The fourth-order valence-corrected chi connectivity index (χ4v) is 2.66. The van der Waals surface area contributed by atoms with Crippen LogP contribution in [0.25, 0.3) is 0 Å². The summed E-state index contributed by atoms with van der Waals surface area (Å²) in [4.78, 5) is 23.1. The van der Waals surface area contributed by atoms with Gasteiger partial charge in [0.2, 0.25) is 11.8 Å². The van der Waals surface area contributed by atoms with Gasteiger partial charge in [0.15, 0.2) is 0 Å². The van der Waals surface area contributed by atoms with Crippen LogP contribution in [0.4, 0.5) is 24.5 Å². The molecule has 0 fully saturated rings. The summed E-state index contributed by atoms with van der Waals surface area (Å²) in [5.74, 6) is -0.503. The van der Waals surface area contributed by atoms with Crippen LogP contribution in [0.1, 0.15) is 30.0 Å². The summed E-state index contributed by atoms with van der Waals surface area (Å²) in [5, 5.41) is 4.54. The third-order valence-corrected chi connectivity index (χ3v) is 3.71. The molecule has 0 aromatic heterocycles. The zero-order valence-corrected chi connectivity index (χ0v) is 15.7. The molecule has 2 aromatic carbocycles. The van der Waals surface area contributed by atoms with Gasteiger partial charge in [0.05, 0.1) is 24.3 Å². The van der Waals surface area contributed by atoms with Crippen LogP contribution in [0.5, 0.6) is 5.75 Å². The lowest BCUT2D eigenvalue weighted by Crippen LogP contribution is -2.19. The van der Waals surface area contributed by atoms with Gasteiger partial charge in [0.25, 0.3) is 0 Å². The Morgan fingerprint density at radius 3 is 2.21 bits per heavy atom. The number of hydrogen-bond acceptors (Lipinski definition) is 3. The maximum atomic E-state index is 13.3. The number of anilines is 2. The number of carbonyl (C=O) groups is 2. The molecule has 28 heavy (non-hydrogen) atoms. The van der Waals surface area contributed by atoms with Crippen LogP contribution in [0.2, 0.25) is 0 Å². The average Bonchev–Trinajstić information content (AvgIpc) is 2.54. The van der Waals surface area contributed by atoms with Crippen LogP contribution in [-0.2, 0) is 15.8 Å². The first kappa shape index (κ1) is 21.3. The molecule has 0 saturated carbocycles. The lowest BCUT2D eigenvalue weighted by molar-refractivity contribution is -0.137. The first-order chi connectivity index (χ1) is 13.0. The second-order valence-corrected chi connectivity index (χ2v) is 6.41. The van der Waals surface area contributed by atoms with Crippen LogP contribution in [-0.4, -0.2) is 18.4 Å². The fraction of sp³-hybridized carbons (Fsp3) is 0.300. The maximum absolute atomic E-state index is 13.3. The van der Waals surface area contributed by atoms with E-state index < -0.39 is 23.6 Å². The molecule has 5 nitrogen and oxygen atoms in total. The zero-order valence-electron chi connectivity index (χ0n) is 15.7. The molecule has 8 heteroatoms. The van der Waals surface area contributed by atoms with Crippen LogP contribution >= 0.6 is 0 Å². The van der Waals surface area contributed by atoms with E-state index in [9.17, 15) is 22.8 Å². The van der Waals surface area contributed by atoms with Gasteiger partial charge in [-0.25, -0.2) is 0 Å². The van der Waals surface area contributed by atoms with E-state index >= 15 is 0 Å². The van der Waals surface area contributed by atoms with Crippen LogP contribution in [0, 0.1) is 13.8 Å². The molecule has 0 aliphatic carbocycles. The van der Waals surface area contributed by atoms with Gasteiger partial charge in [-0.15, -0.1) is 0 Å². The number of halogens is 3. The summed E-state index contributed by atoms with van der Waals surface area (Å²) in [7, 11) is 0. The van der Waals surface area contributed by atoms with Crippen LogP contribution in [0.15, 0.2) is 36.4 Å². The molecule has 0 heterocycles. The van der Waals surface area contributed by atoms with Crippen LogP contribution in [0.3, 0.4) is 0 Å². The molecule has 0 atom stereocenters. The second-order valence-electron chi connectivity index (χ2n) is 6.41. The van der Waals surface area contributed by atoms with E-state index in [-0.39, 0.29) is 24.4 Å². The van der Waals surface area contributed by atoms with Crippen molar-refractivity contribution < 1.29 is 27.5 Å². The highest BCUT2D eigenvalue weighted by molar-refractivity contribution is 5.93. The number of alkyl halides is 3. The Balaban J connectivity index is 2.03. The molecule has 2 rings (SSSR count). The largest absolute Gasteiger partial charge is 0.493 e. The number of nitrogens with one attached hydrogen (secondary N) is 2. The molecule has 0 bridgehead atoms. The molecule has 0 spiro atoms. The molecule has 150 valence electrons. The van der Waals surface area contributed by atoms with Crippen molar-refractivity contribution in [3.05, 3.63) is 53.1 Å². The second kappa shape index (κ2) is 8.77. The van der Waals surface area contributed by atoms with Crippen molar-refractivity contribution in [1.82, 2.24) is 0 Å². The predicted octanol–water partition coefficient (Wildman–Crippen LogP) is 4.69. The van der Waals surface area contributed by atoms with Crippen LogP contribution < -0.4 is 15.4 Å². The standard InChI is InChI=1S/C20H21F3N2O3/c1-12-8-13(2)10-16(9-12)28-7-6-19(27)25-18-5-4-15(24-14(3)26)11-17(18)20(21,22)23/h4-5,8-11H,6-7H2,1-3H3,(H,24,26)(H,25,27). The lowest BCUT2D eigenvalue weighted by Gasteiger charge is -2.16. The van der Waals surface area contributed by atoms with Gasteiger partial charge >= 0.3 is 6.18 Å². The summed E-state index contributed by atoms with van der Waals surface area (Å²) < 4.78 is 45.3. The van der Waals surface area contributed by atoms with Gasteiger partial charge in [-0.2, -0.15) is 13.2 Å². The van der Waals surface area contributed by atoms with E-state index in [0.29, 0.717) is 5.75 Å². The number of aryl methyl sites for hydroxylation is 2. The Kier molecular flexibility index (Phi) is 6.66. The zero-order chi connectivity index (χ0) is 20.9. The lowest BCUT2D eigenvalue weighted by atomic mass is 10.1. The third kappa shape index (κ3) is 6.29. The first-order valence-corrected chi connectivity index (χ1v) is 8.54. The predicted molar refractivity (Wildman–Crippen MR) is 100 cm³/mol. The molecule has 0 unspecified atom stereocenters. The van der Waals surface area contributed by atoms with Gasteiger partial charge in [-0.3, -0.25) is 9.59 Å². The van der Waals surface area contributed by atoms with Crippen molar-refractivity contribution in [2.24, 2.45) is 0 Å². The summed E-state index contributed by atoms with van der Waals surface area (Å²) in [6.45, 7) is 5.05. The Morgan fingerprint density at radius 1 is 1.00 bits per heavy atom. The van der Waals surface area contributed by atoms with Crippen molar-refractivity contribution in [3.63, 3.8) is 0 Å². The van der Waals surface area contributed by atoms with Crippen molar-refractivity contribution in [2.45, 2.75) is 33.4 Å². The van der Waals surface area contributed by atoms with E-state index in [1.807, 2.05) is 32.0 Å². The van der Waals surface area contributed by atoms with Gasteiger partial charge in [0.1, 0.15) is 5.75 Å². The van der Waals surface area contributed by atoms with E-state index in [2.05, 4.69) is 10.6 Å². The van der Waals surface area contributed by atoms with Crippen molar-refractivity contribution >= 4 is 23.2 Å². The van der Waals surface area contributed by atoms with Gasteiger partial charge in [0, 0.05) is 12.6 Å². The van der Waals surface area contributed by atoms with E-state index in [0.717, 1.165) is 23.3 Å². The molecular formula is C20H21F3N2O3. The number of rotatable bonds is 6. The number of carbonyl (C=O) groups excluding carboxylic acids is 2. The topological polar surface area (TPSA) is 67.4 Å². The summed E-state index contributed by atoms with van der Waals surface area (Å²) >= 11 is 0. The highest BCUT2D eigenvalue weighted by Gasteiger charge is 2.34. The molecule has 2 aromatic rings. The fourth-order valence-electron chi connectivity index (χ4n) is 2.66. The molecular weight excluding hydrogens is 373 g/mol. The maximum Gasteiger partial charge on any atom is 0.418 e. The normalized spacial score (nSPS) is 11.1. The van der Waals surface area contributed by atoms with Crippen molar-refractivity contribution in [3.8, 4) is 5.75 Å². The van der Waals surface area contributed by atoms with Gasteiger partial charge in [-0.05, 0) is 55.3 Å². The molecule has 2 amide bonds.